The van der Waals surface area contributed by atoms with Crippen molar-refractivity contribution < 1.29 is 14.4 Å². The molecule has 1 aliphatic rings. The first-order valence-corrected chi connectivity index (χ1v) is 13.4. The van der Waals surface area contributed by atoms with E-state index in [4.69, 9.17) is 4.98 Å². The third-order valence-electron chi connectivity index (χ3n) is 6.81. The number of hydrogen-bond acceptors (Lipinski definition) is 5. The van der Waals surface area contributed by atoms with Gasteiger partial charge in [-0.25, -0.2) is 4.98 Å². The number of hydrogen-bond donors (Lipinski definition) is 2. The number of imidazole rings is 1. The predicted octanol–water partition coefficient (Wildman–Crippen LogP) is 5.15. The van der Waals surface area contributed by atoms with Crippen molar-refractivity contribution in [3.8, 4) is 5.00 Å². The van der Waals surface area contributed by atoms with E-state index in [1.54, 1.807) is 13.0 Å². The average molecular weight is 531 g/mol. The molecule has 4 aromatic rings. The van der Waals surface area contributed by atoms with Crippen LogP contribution in [-0.2, 0) is 9.59 Å². The molecule has 9 nitrogen and oxygen atoms in total. The molecule has 0 radical (unpaired) electrons. The Morgan fingerprint density at radius 1 is 1.13 bits per heavy atom. The van der Waals surface area contributed by atoms with Crippen molar-refractivity contribution in [2.75, 3.05) is 23.7 Å². The zero-order valence-electron chi connectivity index (χ0n) is 21.4. The smallest absolute Gasteiger partial charge is 0.268 e. The number of amides is 3. The van der Waals surface area contributed by atoms with E-state index in [2.05, 4.69) is 21.8 Å². The van der Waals surface area contributed by atoms with E-state index < -0.39 is 0 Å². The zero-order chi connectivity index (χ0) is 26.8. The Labute approximate surface area is 224 Å². The Morgan fingerprint density at radius 3 is 2.66 bits per heavy atom. The summed E-state index contributed by atoms with van der Waals surface area (Å²) in [4.78, 5) is 45.0. The lowest BCUT2D eigenvalue weighted by molar-refractivity contribution is -0.129. The molecule has 0 unspecified atom stereocenters. The second-order valence-corrected chi connectivity index (χ2v) is 10.5. The highest BCUT2D eigenvalue weighted by Crippen LogP contribution is 2.34. The van der Waals surface area contributed by atoms with Crippen molar-refractivity contribution in [2.24, 2.45) is 0 Å². The fourth-order valence-electron chi connectivity index (χ4n) is 4.97. The lowest BCUT2D eigenvalue weighted by atomic mass is 10.1. The van der Waals surface area contributed by atoms with Gasteiger partial charge in [-0.05, 0) is 62.1 Å². The third-order valence-corrected chi connectivity index (χ3v) is 7.96. The Balaban J connectivity index is 1.53. The van der Waals surface area contributed by atoms with E-state index in [-0.39, 0.29) is 23.8 Å². The lowest BCUT2D eigenvalue weighted by Gasteiger charge is -2.26. The average Bonchev–Trinajstić information content (AvgIpc) is 3.60. The molecular weight excluding hydrogens is 500 g/mol. The van der Waals surface area contributed by atoms with Gasteiger partial charge in [0.05, 0.1) is 27.6 Å². The quantitative estimate of drug-likeness (QED) is 0.337. The van der Waals surface area contributed by atoms with Crippen molar-refractivity contribution in [1.29, 1.82) is 0 Å². The van der Waals surface area contributed by atoms with Gasteiger partial charge in [-0.15, -0.1) is 11.3 Å². The molecule has 2 N–H and O–H groups in total. The normalized spacial score (nSPS) is 15.7. The van der Waals surface area contributed by atoms with Crippen LogP contribution in [0.2, 0.25) is 0 Å². The maximum atomic E-state index is 13.6. The van der Waals surface area contributed by atoms with Crippen LogP contribution in [-0.4, -0.2) is 49.8 Å². The van der Waals surface area contributed by atoms with Gasteiger partial charge in [0.15, 0.2) is 0 Å². The van der Waals surface area contributed by atoms with Crippen LogP contribution in [0.3, 0.4) is 0 Å². The van der Waals surface area contributed by atoms with Crippen LogP contribution in [0.5, 0.6) is 0 Å². The number of carbonyl (C=O) groups excluding carboxylic acids is 3. The van der Waals surface area contributed by atoms with Crippen LogP contribution in [0.25, 0.3) is 16.0 Å². The van der Waals surface area contributed by atoms with E-state index >= 15 is 0 Å². The molecule has 196 valence electrons. The van der Waals surface area contributed by atoms with Gasteiger partial charge in [0, 0.05) is 32.4 Å². The van der Waals surface area contributed by atoms with Gasteiger partial charge >= 0.3 is 0 Å². The minimum atomic E-state index is -0.358. The van der Waals surface area contributed by atoms with Crippen molar-refractivity contribution in [3.63, 3.8) is 0 Å². The van der Waals surface area contributed by atoms with Gasteiger partial charge < -0.3 is 19.4 Å². The molecule has 0 saturated carbocycles. The van der Waals surface area contributed by atoms with Gasteiger partial charge in [0.25, 0.3) is 5.91 Å². The molecule has 3 amide bonds. The highest BCUT2D eigenvalue weighted by atomic mass is 32.1. The molecule has 1 atom stereocenters. The minimum Gasteiger partial charge on any atom is -0.341 e. The highest BCUT2D eigenvalue weighted by molar-refractivity contribution is 7.17. The number of nitrogens with one attached hydrogen (secondary N) is 2. The minimum absolute atomic E-state index is 0.0241. The number of aryl methyl sites for hydroxylation is 1. The number of para-hydroxylation sites is 1. The molecule has 38 heavy (non-hydrogen) atoms. The lowest BCUT2D eigenvalue weighted by Crippen LogP contribution is -2.34. The van der Waals surface area contributed by atoms with Crippen LogP contribution in [0.4, 0.5) is 11.6 Å². The van der Waals surface area contributed by atoms with E-state index in [0.29, 0.717) is 28.1 Å². The van der Waals surface area contributed by atoms with Gasteiger partial charge in [0.2, 0.25) is 17.8 Å². The Kier molecular flexibility index (Phi) is 7.15. The second kappa shape index (κ2) is 10.7. The predicted molar refractivity (Wildman–Crippen MR) is 150 cm³/mol. The van der Waals surface area contributed by atoms with Gasteiger partial charge in [-0.3, -0.25) is 19.7 Å². The SMILES string of the molecule is C=CC(=O)Nc1cc(C(=O)Nc2nc3cccc(C)c3n2[C@@H]2CCCCN(C(C)=O)C2)sc1-n1cccc1. The molecular formula is C28H30N6O3S. The van der Waals surface area contributed by atoms with Crippen LogP contribution >= 0.6 is 11.3 Å². The van der Waals surface area contributed by atoms with Crippen molar-refractivity contribution in [2.45, 2.75) is 39.2 Å². The van der Waals surface area contributed by atoms with Gasteiger partial charge in [0.1, 0.15) is 5.00 Å². The first-order valence-electron chi connectivity index (χ1n) is 12.6. The van der Waals surface area contributed by atoms with E-state index in [0.717, 1.165) is 42.4 Å². The molecule has 1 fully saturated rings. The topological polar surface area (TPSA) is 101 Å². The number of nitrogens with zero attached hydrogens (tertiary/aromatic N) is 4. The first-order chi connectivity index (χ1) is 18.4. The molecule has 1 aliphatic heterocycles. The molecule has 0 spiro atoms. The molecule has 1 aromatic carbocycles. The summed E-state index contributed by atoms with van der Waals surface area (Å²) in [5.74, 6) is -0.186. The maximum absolute atomic E-state index is 13.6. The Hall–Kier alpha value is -4.18. The number of thiophene rings is 1. The van der Waals surface area contributed by atoms with Crippen molar-refractivity contribution in [1.82, 2.24) is 19.0 Å². The van der Waals surface area contributed by atoms with E-state index in [9.17, 15) is 14.4 Å². The number of rotatable bonds is 6. The number of likely N-dealkylation sites (tertiary alicyclic amines) is 1. The fourth-order valence-corrected chi connectivity index (χ4v) is 5.95. The summed E-state index contributed by atoms with van der Waals surface area (Å²) < 4.78 is 3.94. The summed E-state index contributed by atoms with van der Waals surface area (Å²) >= 11 is 1.27. The number of anilines is 2. The molecule has 3 aromatic heterocycles. The molecule has 4 heterocycles. The molecule has 10 heteroatoms. The summed E-state index contributed by atoms with van der Waals surface area (Å²) in [5, 5.41) is 6.54. The third kappa shape index (κ3) is 4.99. The van der Waals surface area contributed by atoms with Crippen LogP contribution < -0.4 is 10.6 Å². The van der Waals surface area contributed by atoms with Crippen molar-refractivity contribution in [3.05, 3.63) is 71.9 Å². The first kappa shape index (κ1) is 25.5. The van der Waals surface area contributed by atoms with E-state index in [1.807, 2.05) is 59.1 Å². The summed E-state index contributed by atoms with van der Waals surface area (Å²) in [5.41, 5.74) is 3.31. The highest BCUT2D eigenvalue weighted by Gasteiger charge is 2.27. The second-order valence-electron chi connectivity index (χ2n) is 9.43. The summed E-state index contributed by atoms with van der Waals surface area (Å²) in [6, 6.07) is 11.3. The Bertz CT molecular complexity index is 1520. The van der Waals surface area contributed by atoms with Crippen LogP contribution in [0.15, 0.2) is 61.4 Å². The molecule has 0 aliphatic carbocycles. The number of fused-ring (bicyclic) bond motifs is 1. The number of aromatic nitrogens is 3. The number of benzene rings is 1. The zero-order valence-corrected chi connectivity index (χ0v) is 22.3. The van der Waals surface area contributed by atoms with Crippen LogP contribution in [0, 0.1) is 6.92 Å². The van der Waals surface area contributed by atoms with E-state index in [1.165, 1.54) is 17.4 Å². The molecule has 5 rings (SSSR count). The summed E-state index contributed by atoms with van der Waals surface area (Å²) in [6.45, 7) is 8.45. The molecule has 1 saturated heterocycles. The van der Waals surface area contributed by atoms with Crippen LogP contribution in [0.1, 0.15) is 47.5 Å². The standard InChI is InChI=1S/C28H30N6O3S/c1-4-24(36)29-22-16-23(38-27(22)32-13-7-8-14-32)26(37)31-28-30-21-12-9-10-18(2)25(21)34(28)20-11-5-6-15-33(17-20)19(3)35/h4,7-10,12-14,16,20H,1,5-6,11,15,17H2,2-3H3,(H,29,36)(H,30,31,37)/t20-/m1/s1. The monoisotopic (exact) mass is 530 g/mol. The fraction of sp³-hybridized carbons (Fsp3) is 0.286. The largest absolute Gasteiger partial charge is 0.341 e. The number of carbonyl (C=O) groups is 3. The van der Waals surface area contributed by atoms with Crippen molar-refractivity contribution >= 4 is 51.7 Å². The summed E-state index contributed by atoms with van der Waals surface area (Å²) in [7, 11) is 0. The van der Waals surface area contributed by atoms with Gasteiger partial charge in [-0.1, -0.05) is 18.7 Å². The maximum Gasteiger partial charge on any atom is 0.268 e. The summed E-state index contributed by atoms with van der Waals surface area (Å²) in [6.07, 6.45) is 7.70. The Morgan fingerprint density at radius 2 is 1.92 bits per heavy atom. The van der Waals surface area contributed by atoms with Gasteiger partial charge in [-0.2, -0.15) is 0 Å². The molecule has 0 bridgehead atoms.